The van der Waals surface area contributed by atoms with Crippen LogP contribution in [0.4, 0.5) is 4.79 Å². The van der Waals surface area contributed by atoms with E-state index in [2.05, 4.69) is 5.32 Å². The van der Waals surface area contributed by atoms with E-state index in [1.165, 1.54) is 4.90 Å². The number of hydrogen-bond donors (Lipinski definition) is 1. The van der Waals surface area contributed by atoms with Crippen LogP contribution in [-0.4, -0.2) is 28.8 Å². The molecular formula is C18H20N2O3. The van der Waals surface area contributed by atoms with E-state index in [1.807, 2.05) is 31.2 Å². The van der Waals surface area contributed by atoms with Crippen molar-refractivity contribution in [3.8, 4) is 0 Å². The molecule has 3 rings (SSSR count). The van der Waals surface area contributed by atoms with Crippen molar-refractivity contribution < 1.29 is 14.4 Å². The molecule has 2 aliphatic rings. The zero-order valence-electron chi connectivity index (χ0n) is 13.2. The third kappa shape index (κ3) is 3.18. The summed E-state index contributed by atoms with van der Waals surface area (Å²) in [7, 11) is 0. The minimum absolute atomic E-state index is 0.0269. The van der Waals surface area contributed by atoms with Gasteiger partial charge in [0.05, 0.1) is 0 Å². The van der Waals surface area contributed by atoms with Crippen LogP contribution in [-0.2, 0) is 9.59 Å². The fourth-order valence-corrected chi connectivity index (χ4v) is 3.17. The van der Waals surface area contributed by atoms with Gasteiger partial charge in [0, 0.05) is 6.04 Å². The zero-order chi connectivity index (χ0) is 16.4. The summed E-state index contributed by atoms with van der Waals surface area (Å²) < 4.78 is 0. The van der Waals surface area contributed by atoms with E-state index in [-0.39, 0.29) is 11.6 Å². The molecule has 23 heavy (non-hydrogen) atoms. The van der Waals surface area contributed by atoms with E-state index in [0.717, 1.165) is 43.2 Å². The number of carbonyl (C=O) groups excluding carboxylic acids is 3. The van der Waals surface area contributed by atoms with Crippen LogP contribution >= 0.6 is 0 Å². The number of amides is 4. The summed E-state index contributed by atoms with van der Waals surface area (Å²) in [6.45, 7) is 1.97. The molecule has 1 N–H and O–H groups in total. The number of imide groups is 2. The SMILES string of the molecule is Cc1ccc(/C=C2/C(=O)NC(=O)N(C3CCCCC3)C2=O)cc1. The summed E-state index contributed by atoms with van der Waals surface area (Å²) in [5.74, 6) is -1.10. The lowest BCUT2D eigenvalue weighted by molar-refractivity contribution is -0.132. The van der Waals surface area contributed by atoms with Gasteiger partial charge in [-0.3, -0.25) is 19.8 Å². The molecule has 1 aliphatic carbocycles. The van der Waals surface area contributed by atoms with Gasteiger partial charge in [0.2, 0.25) is 0 Å². The minimum atomic E-state index is -0.618. The van der Waals surface area contributed by atoms with Crippen LogP contribution in [0, 0.1) is 6.92 Å². The van der Waals surface area contributed by atoms with E-state index < -0.39 is 17.8 Å². The third-order valence-electron chi connectivity index (χ3n) is 4.46. The Labute approximate surface area is 135 Å². The molecule has 1 aromatic carbocycles. The number of rotatable bonds is 2. The Balaban J connectivity index is 1.90. The maximum Gasteiger partial charge on any atom is 0.331 e. The molecule has 0 radical (unpaired) electrons. The summed E-state index contributed by atoms with van der Waals surface area (Å²) >= 11 is 0. The normalized spacial score (nSPS) is 21.7. The predicted octanol–water partition coefficient (Wildman–Crippen LogP) is 2.79. The van der Waals surface area contributed by atoms with Crippen LogP contribution in [0.3, 0.4) is 0 Å². The van der Waals surface area contributed by atoms with Gasteiger partial charge in [0.1, 0.15) is 5.57 Å². The predicted molar refractivity (Wildman–Crippen MR) is 86.4 cm³/mol. The van der Waals surface area contributed by atoms with Crippen LogP contribution in [0.1, 0.15) is 43.2 Å². The van der Waals surface area contributed by atoms with E-state index in [1.54, 1.807) is 6.08 Å². The average Bonchev–Trinajstić information content (AvgIpc) is 2.54. The van der Waals surface area contributed by atoms with Gasteiger partial charge in [0.25, 0.3) is 11.8 Å². The monoisotopic (exact) mass is 312 g/mol. The Hall–Kier alpha value is -2.43. The lowest BCUT2D eigenvalue weighted by Gasteiger charge is -2.35. The molecule has 0 spiro atoms. The Bertz CT molecular complexity index is 670. The van der Waals surface area contributed by atoms with Crippen molar-refractivity contribution in [2.24, 2.45) is 0 Å². The Morgan fingerprint density at radius 1 is 1.04 bits per heavy atom. The van der Waals surface area contributed by atoms with Crippen LogP contribution in [0.5, 0.6) is 0 Å². The standard InChI is InChI=1S/C18H20N2O3/c1-12-7-9-13(10-8-12)11-15-16(21)19-18(23)20(17(15)22)14-5-3-2-4-6-14/h7-11,14H,2-6H2,1H3,(H,19,21,23)/b15-11-. The van der Waals surface area contributed by atoms with E-state index in [0.29, 0.717) is 0 Å². The zero-order valence-corrected chi connectivity index (χ0v) is 13.2. The highest BCUT2D eigenvalue weighted by Gasteiger charge is 2.40. The lowest BCUT2D eigenvalue weighted by atomic mass is 9.93. The second-order valence-corrected chi connectivity index (χ2v) is 6.19. The lowest BCUT2D eigenvalue weighted by Crippen LogP contribution is -2.58. The first-order valence-electron chi connectivity index (χ1n) is 8.03. The van der Waals surface area contributed by atoms with E-state index in [4.69, 9.17) is 0 Å². The van der Waals surface area contributed by atoms with Crippen molar-refractivity contribution >= 4 is 23.9 Å². The smallest absolute Gasteiger partial charge is 0.273 e. The minimum Gasteiger partial charge on any atom is -0.273 e. The average molecular weight is 312 g/mol. The number of nitrogens with one attached hydrogen (secondary N) is 1. The number of benzene rings is 1. The summed E-state index contributed by atoms with van der Waals surface area (Å²) in [5.41, 5.74) is 1.90. The van der Waals surface area contributed by atoms with Gasteiger partial charge in [-0.05, 0) is 31.4 Å². The number of aryl methyl sites for hydroxylation is 1. The maximum atomic E-state index is 12.7. The van der Waals surface area contributed by atoms with Gasteiger partial charge < -0.3 is 0 Å². The van der Waals surface area contributed by atoms with Crippen molar-refractivity contribution in [2.75, 3.05) is 0 Å². The first-order chi connectivity index (χ1) is 11.1. The van der Waals surface area contributed by atoms with Crippen LogP contribution in [0.25, 0.3) is 6.08 Å². The van der Waals surface area contributed by atoms with Crippen LogP contribution in [0.15, 0.2) is 29.8 Å². The molecule has 0 aromatic heterocycles. The Morgan fingerprint density at radius 2 is 1.70 bits per heavy atom. The quantitative estimate of drug-likeness (QED) is 0.674. The van der Waals surface area contributed by atoms with Gasteiger partial charge >= 0.3 is 6.03 Å². The summed E-state index contributed by atoms with van der Waals surface area (Å²) in [6, 6.07) is 6.84. The van der Waals surface area contributed by atoms with Crippen molar-refractivity contribution in [2.45, 2.75) is 45.1 Å². The molecule has 1 aliphatic heterocycles. The van der Waals surface area contributed by atoms with Crippen LogP contribution < -0.4 is 5.32 Å². The van der Waals surface area contributed by atoms with Crippen molar-refractivity contribution in [3.05, 3.63) is 41.0 Å². The molecule has 5 nitrogen and oxygen atoms in total. The van der Waals surface area contributed by atoms with Crippen molar-refractivity contribution in [1.29, 1.82) is 0 Å². The van der Waals surface area contributed by atoms with Gasteiger partial charge in [-0.2, -0.15) is 0 Å². The van der Waals surface area contributed by atoms with Crippen LogP contribution in [0.2, 0.25) is 0 Å². The van der Waals surface area contributed by atoms with E-state index >= 15 is 0 Å². The van der Waals surface area contributed by atoms with E-state index in [9.17, 15) is 14.4 Å². The van der Waals surface area contributed by atoms with Crippen molar-refractivity contribution in [3.63, 3.8) is 0 Å². The number of urea groups is 1. The fourth-order valence-electron chi connectivity index (χ4n) is 3.17. The van der Waals surface area contributed by atoms with Crippen molar-refractivity contribution in [1.82, 2.24) is 10.2 Å². The number of barbiturate groups is 1. The first-order valence-corrected chi connectivity index (χ1v) is 8.03. The molecule has 1 heterocycles. The summed E-state index contributed by atoms with van der Waals surface area (Å²) in [6.07, 6.45) is 6.32. The fraction of sp³-hybridized carbons (Fsp3) is 0.389. The second kappa shape index (κ2) is 6.36. The van der Waals surface area contributed by atoms with Gasteiger partial charge in [-0.25, -0.2) is 4.79 Å². The molecule has 0 atom stereocenters. The number of hydrogen-bond acceptors (Lipinski definition) is 3. The largest absolute Gasteiger partial charge is 0.331 e. The molecule has 0 unspecified atom stereocenters. The molecule has 1 saturated carbocycles. The molecule has 120 valence electrons. The summed E-state index contributed by atoms with van der Waals surface area (Å²) in [4.78, 5) is 38.1. The molecule has 2 fully saturated rings. The Kier molecular flexibility index (Phi) is 4.28. The Morgan fingerprint density at radius 3 is 2.35 bits per heavy atom. The third-order valence-corrected chi connectivity index (χ3v) is 4.46. The highest BCUT2D eigenvalue weighted by atomic mass is 16.2. The molecule has 1 saturated heterocycles. The second-order valence-electron chi connectivity index (χ2n) is 6.19. The maximum absolute atomic E-state index is 12.7. The number of nitrogens with zero attached hydrogens (tertiary/aromatic N) is 1. The van der Waals surface area contributed by atoms with Gasteiger partial charge in [-0.15, -0.1) is 0 Å². The highest BCUT2D eigenvalue weighted by Crippen LogP contribution is 2.26. The molecule has 4 amide bonds. The topological polar surface area (TPSA) is 66.5 Å². The number of carbonyl (C=O) groups is 3. The highest BCUT2D eigenvalue weighted by molar-refractivity contribution is 6.31. The summed E-state index contributed by atoms with van der Waals surface area (Å²) in [5, 5.41) is 2.30. The van der Waals surface area contributed by atoms with Gasteiger partial charge in [-0.1, -0.05) is 49.1 Å². The molecule has 5 heteroatoms. The first kappa shape index (κ1) is 15.5. The molecule has 0 bridgehead atoms. The van der Waals surface area contributed by atoms with Gasteiger partial charge in [0.15, 0.2) is 0 Å². The molecular weight excluding hydrogens is 292 g/mol. The molecule has 1 aromatic rings.